The van der Waals surface area contributed by atoms with Crippen LogP contribution in [0, 0.1) is 0 Å². The van der Waals surface area contributed by atoms with E-state index in [0.29, 0.717) is 10.8 Å². The molecular weight excluding hydrogens is 566 g/mol. The first-order valence-electron chi connectivity index (χ1n) is 12.1. The van der Waals surface area contributed by atoms with Gasteiger partial charge in [-0.25, -0.2) is 14.6 Å². The number of benzene rings is 4. The molecule has 200 valence electrons. The second-order valence-electron chi connectivity index (χ2n) is 8.73. The van der Waals surface area contributed by atoms with Gasteiger partial charge in [-0.15, -0.1) is 23.5 Å². The summed E-state index contributed by atoms with van der Waals surface area (Å²) in [5.74, 6) is -1.35. The molecule has 40 heavy (non-hydrogen) atoms. The lowest BCUT2D eigenvalue weighted by Gasteiger charge is -2.18. The second kappa shape index (κ2) is 12.5. The van der Waals surface area contributed by atoms with Gasteiger partial charge >= 0.3 is 11.9 Å². The van der Waals surface area contributed by atoms with E-state index in [1.807, 2.05) is 66.7 Å². The zero-order valence-corrected chi connectivity index (χ0v) is 23.2. The molecule has 0 saturated heterocycles. The maximum atomic E-state index is 11.5. The van der Waals surface area contributed by atoms with Crippen molar-refractivity contribution >= 4 is 58.0 Å². The Kier molecular flexibility index (Phi) is 8.60. The van der Waals surface area contributed by atoms with E-state index >= 15 is 0 Å². The van der Waals surface area contributed by atoms with Crippen LogP contribution < -0.4 is 4.74 Å². The van der Waals surface area contributed by atoms with E-state index in [-0.39, 0.29) is 22.3 Å². The smallest absolute Gasteiger partial charge is 0.335 e. The lowest BCUT2D eigenvalue weighted by Crippen LogP contribution is -2.00. The third-order valence-corrected chi connectivity index (χ3v) is 8.71. The number of aromatic carboxylic acids is 2. The highest BCUT2D eigenvalue weighted by Crippen LogP contribution is 2.48. The summed E-state index contributed by atoms with van der Waals surface area (Å²) in [4.78, 5) is 29.3. The molecule has 1 aromatic heterocycles. The van der Waals surface area contributed by atoms with Crippen molar-refractivity contribution in [3.63, 3.8) is 0 Å². The molecule has 5 rings (SSSR count). The van der Waals surface area contributed by atoms with Crippen molar-refractivity contribution in [1.29, 1.82) is 0 Å². The van der Waals surface area contributed by atoms with E-state index in [0.717, 1.165) is 32.0 Å². The Morgan fingerprint density at radius 1 is 0.775 bits per heavy atom. The summed E-state index contributed by atoms with van der Waals surface area (Å²) < 4.78 is 5.87. The van der Waals surface area contributed by atoms with Gasteiger partial charge in [-0.05, 0) is 72.3 Å². The predicted molar refractivity (Wildman–Crippen MR) is 159 cm³/mol. The van der Waals surface area contributed by atoms with Crippen LogP contribution in [-0.2, 0) is 6.61 Å². The summed E-state index contributed by atoms with van der Waals surface area (Å²) in [5.41, 5.74) is 2.87. The topological polar surface area (TPSA) is 96.7 Å². The molecule has 9 heteroatoms. The number of ether oxygens (including phenoxy) is 1. The van der Waals surface area contributed by atoms with Crippen molar-refractivity contribution in [2.45, 2.75) is 21.0 Å². The first-order chi connectivity index (χ1) is 19.3. The summed E-state index contributed by atoms with van der Waals surface area (Å²) in [7, 11) is 0. The van der Waals surface area contributed by atoms with Crippen molar-refractivity contribution in [2.24, 2.45) is 0 Å². The Balaban J connectivity index is 1.40. The second-order valence-corrected chi connectivity index (χ2v) is 11.8. The van der Waals surface area contributed by atoms with Gasteiger partial charge in [0.1, 0.15) is 12.4 Å². The number of halogens is 1. The van der Waals surface area contributed by atoms with Crippen LogP contribution >= 0.6 is 35.1 Å². The molecule has 0 aliphatic rings. The van der Waals surface area contributed by atoms with Crippen LogP contribution in [0.2, 0.25) is 5.02 Å². The Labute approximate surface area is 244 Å². The summed E-state index contributed by atoms with van der Waals surface area (Å²) in [5, 5.41) is 20.5. The monoisotopic (exact) mass is 587 g/mol. The van der Waals surface area contributed by atoms with Gasteiger partial charge in [0.05, 0.1) is 26.9 Å². The van der Waals surface area contributed by atoms with E-state index in [9.17, 15) is 19.8 Å². The van der Waals surface area contributed by atoms with Crippen LogP contribution in [-0.4, -0.2) is 27.1 Å². The highest BCUT2D eigenvalue weighted by molar-refractivity contribution is 8.16. The van der Waals surface area contributed by atoms with Crippen molar-refractivity contribution in [1.82, 2.24) is 4.98 Å². The highest BCUT2D eigenvalue weighted by Gasteiger charge is 2.18. The van der Waals surface area contributed by atoms with E-state index in [1.54, 1.807) is 36.4 Å². The number of aromatic nitrogens is 1. The van der Waals surface area contributed by atoms with Gasteiger partial charge in [-0.1, -0.05) is 48.0 Å². The van der Waals surface area contributed by atoms with Gasteiger partial charge in [-0.2, -0.15) is 0 Å². The van der Waals surface area contributed by atoms with Gasteiger partial charge in [0.2, 0.25) is 0 Å². The Morgan fingerprint density at radius 3 is 2.05 bits per heavy atom. The van der Waals surface area contributed by atoms with Crippen LogP contribution in [0.15, 0.2) is 113 Å². The molecule has 0 spiro atoms. The Hall–Kier alpha value is -3.98. The molecule has 0 atom stereocenters. The number of pyridine rings is 1. The van der Waals surface area contributed by atoms with E-state index in [2.05, 4.69) is 4.98 Å². The average molecular weight is 588 g/mol. The maximum absolute atomic E-state index is 11.5. The fourth-order valence-electron chi connectivity index (χ4n) is 3.93. The number of carboxylic acid groups (broad SMARTS) is 2. The molecule has 0 bridgehead atoms. The summed E-state index contributed by atoms with van der Waals surface area (Å²) in [6.07, 6.45) is 0. The fraction of sp³-hybridized carbons (Fsp3) is 0.0645. The Morgan fingerprint density at radius 2 is 1.40 bits per heavy atom. The summed E-state index contributed by atoms with van der Waals surface area (Å²) in [6.45, 7) is 0.262. The minimum Gasteiger partial charge on any atom is -0.487 e. The lowest BCUT2D eigenvalue weighted by molar-refractivity contribution is 0.0685. The van der Waals surface area contributed by atoms with Gasteiger partial charge < -0.3 is 14.9 Å². The fourth-order valence-corrected chi connectivity index (χ4v) is 6.72. The number of hydrogen-bond acceptors (Lipinski definition) is 6. The van der Waals surface area contributed by atoms with Crippen LogP contribution in [0.5, 0.6) is 5.75 Å². The van der Waals surface area contributed by atoms with Gasteiger partial charge in [0, 0.05) is 20.2 Å². The number of hydrogen-bond donors (Lipinski definition) is 2. The number of carbonyl (C=O) groups is 2. The van der Waals surface area contributed by atoms with E-state index in [1.165, 1.54) is 23.5 Å². The molecule has 1 heterocycles. The molecule has 0 saturated carbocycles. The number of carboxylic acids is 2. The first kappa shape index (κ1) is 27.6. The Bertz CT molecular complexity index is 1650. The molecule has 0 aliphatic heterocycles. The van der Waals surface area contributed by atoms with E-state index in [4.69, 9.17) is 16.3 Å². The van der Waals surface area contributed by atoms with Crippen LogP contribution in [0.1, 0.15) is 36.6 Å². The molecule has 0 aliphatic carbocycles. The third kappa shape index (κ3) is 6.96. The SMILES string of the molecule is O=C(O)c1cccc(SC(Sc2cccc(C(=O)O)c2)c2cccc(OCc3ccc4ccc(Cl)cc4n3)c2)c1. The molecule has 0 unspecified atom stereocenters. The highest BCUT2D eigenvalue weighted by atomic mass is 35.5. The van der Waals surface area contributed by atoms with Gasteiger partial charge in [0.25, 0.3) is 0 Å². The zero-order chi connectivity index (χ0) is 28.1. The van der Waals surface area contributed by atoms with Crippen molar-refractivity contribution in [3.8, 4) is 5.75 Å². The normalized spacial score (nSPS) is 11.1. The zero-order valence-electron chi connectivity index (χ0n) is 20.9. The molecule has 0 fully saturated rings. The molecule has 2 N–H and O–H groups in total. The van der Waals surface area contributed by atoms with E-state index < -0.39 is 11.9 Å². The van der Waals surface area contributed by atoms with Gasteiger partial charge in [-0.3, -0.25) is 0 Å². The number of fused-ring (bicyclic) bond motifs is 1. The molecule has 0 amide bonds. The minimum absolute atomic E-state index is 0.197. The number of rotatable bonds is 10. The average Bonchev–Trinajstić information content (AvgIpc) is 2.96. The van der Waals surface area contributed by atoms with Crippen LogP contribution in [0.3, 0.4) is 0 Å². The van der Waals surface area contributed by atoms with Crippen molar-refractivity contribution in [2.75, 3.05) is 0 Å². The van der Waals surface area contributed by atoms with Gasteiger partial charge in [0.15, 0.2) is 0 Å². The molecular formula is C31H22ClNO5S2. The standard InChI is InChI=1S/C31H22ClNO5S2/c32-23-12-10-19-11-13-24(33-28(19)17-23)18-38-25-7-1-6-22(14-25)31(39-26-8-2-4-20(15-26)29(34)35)40-27-9-3-5-21(16-27)30(36)37/h1-17,31H,18H2,(H,34,35)(H,36,37). The maximum Gasteiger partial charge on any atom is 0.335 e. The molecule has 5 aromatic rings. The molecule has 0 radical (unpaired) electrons. The summed E-state index contributed by atoms with van der Waals surface area (Å²) >= 11 is 9.08. The lowest BCUT2D eigenvalue weighted by atomic mass is 10.2. The third-order valence-electron chi connectivity index (χ3n) is 5.88. The number of thioether (sulfide) groups is 2. The van der Waals surface area contributed by atoms with Crippen LogP contribution in [0.25, 0.3) is 10.9 Å². The predicted octanol–water partition coefficient (Wildman–Crippen LogP) is 8.45. The first-order valence-corrected chi connectivity index (χ1v) is 14.3. The minimum atomic E-state index is -0.999. The van der Waals surface area contributed by atoms with Crippen LogP contribution in [0.4, 0.5) is 0 Å². The number of nitrogens with zero attached hydrogens (tertiary/aromatic N) is 1. The molecule has 4 aromatic carbocycles. The molecule has 6 nitrogen and oxygen atoms in total. The van der Waals surface area contributed by atoms with Crippen molar-refractivity contribution < 1.29 is 24.5 Å². The largest absolute Gasteiger partial charge is 0.487 e. The quantitative estimate of drug-likeness (QED) is 0.124. The summed E-state index contributed by atoms with van der Waals surface area (Å²) in [6, 6.07) is 30.6. The van der Waals surface area contributed by atoms with Crippen molar-refractivity contribution in [3.05, 3.63) is 131 Å².